The molecule has 28 heavy (non-hydrogen) atoms. The number of sulfonamides is 1. The summed E-state index contributed by atoms with van der Waals surface area (Å²) in [5.74, 6) is -0.400. The Morgan fingerprint density at radius 3 is 2.61 bits per heavy atom. The van der Waals surface area contributed by atoms with Gasteiger partial charge < -0.3 is 4.90 Å². The molecule has 0 aliphatic carbocycles. The molecule has 7 nitrogen and oxygen atoms in total. The molecule has 3 rings (SSSR count). The monoisotopic (exact) mass is 408 g/mol. The van der Waals surface area contributed by atoms with Crippen LogP contribution in [0.3, 0.4) is 0 Å². The van der Waals surface area contributed by atoms with Crippen LogP contribution in [0.2, 0.25) is 0 Å². The van der Waals surface area contributed by atoms with Crippen LogP contribution in [0.5, 0.6) is 0 Å². The molecular formula is C18H18F2N4O3S. The van der Waals surface area contributed by atoms with Gasteiger partial charge in [-0.15, -0.1) is 0 Å². The molecule has 1 heterocycles. The molecule has 0 saturated carbocycles. The molecule has 1 N–H and O–H groups in total. The summed E-state index contributed by atoms with van der Waals surface area (Å²) >= 11 is 0. The van der Waals surface area contributed by atoms with Crippen molar-refractivity contribution < 1.29 is 22.0 Å². The number of hydrogen-bond acceptors (Lipinski definition) is 4. The lowest BCUT2D eigenvalue weighted by Gasteiger charge is -2.18. The molecule has 0 bridgehead atoms. The van der Waals surface area contributed by atoms with Gasteiger partial charge >= 0.3 is 6.55 Å². The number of imidazole rings is 1. The van der Waals surface area contributed by atoms with E-state index in [0.29, 0.717) is 5.52 Å². The molecule has 0 aliphatic heterocycles. The molecule has 0 saturated heterocycles. The number of aromatic nitrogens is 2. The highest BCUT2D eigenvalue weighted by molar-refractivity contribution is 7.92. The van der Waals surface area contributed by atoms with Crippen LogP contribution in [0.1, 0.15) is 22.7 Å². The molecular weight excluding hydrogens is 390 g/mol. The Morgan fingerprint density at radius 2 is 1.93 bits per heavy atom. The van der Waals surface area contributed by atoms with Gasteiger partial charge in [-0.05, 0) is 30.3 Å². The third kappa shape index (κ3) is 4.28. The van der Waals surface area contributed by atoms with E-state index in [-0.39, 0.29) is 29.1 Å². The molecule has 0 spiro atoms. The number of carbonyl (C=O) groups is 1. The predicted molar refractivity (Wildman–Crippen MR) is 102 cm³/mol. The lowest BCUT2D eigenvalue weighted by Crippen LogP contribution is -2.28. The Morgan fingerprint density at radius 1 is 1.21 bits per heavy atom. The number of anilines is 1. The number of alkyl halides is 2. The number of carbonyl (C=O) groups excluding carboxylic acids is 1. The number of rotatable bonds is 6. The van der Waals surface area contributed by atoms with E-state index in [4.69, 9.17) is 0 Å². The summed E-state index contributed by atoms with van der Waals surface area (Å²) < 4.78 is 52.9. The van der Waals surface area contributed by atoms with Crippen LogP contribution in [0.15, 0.2) is 48.5 Å². The molecule has 0 unspecified atom stereocenters. The highest BCUT2D eigenvalue weighted by Gasteiger charge is 2.21. The molecule has 0 aliphatic rings. The number of fused-ring (bicyclic) bond motifs is 1. The van der Waals surface area contributed by atoms with E-state index < -0.39 is 22.5 Å². The van der Waals surface area contributed by atoms with Crippen molar-refractivity contribution in [2.75, 3.05) is 18.0 Å². The maximum Gasteiger partial charge on any atom is 0.320 e. The molecule has 1 amide bonds. The first kappa shape index (κ1) is 19.7. The molecule has 10 heteroatoms. The smallest absolute Gasteiger partial charge is 0.320 e. The van der Waals surface area contributed by atoms with Crippen molar-refractivity contribution in [3.8, 4) is 0 Å². The topological polar surface area (TPSA) is 84.3 Å². The Bertz CT molecular complexity index is 1130. The maximum absolute atomic E-state index is 13.5. The van der Waals surface area contributed by atoms with Gasteiger partial charge in [0, 0.05) is 18.3 Å². The lowest BCUT2D eigenvalue weighted by molar-refractivity contribution is 0.0646. The second-order valence-corrected chi connectivity index (χ2v) is 8.03. The molecule has 0 fully saturated rings. The quantitative estimate of drug-likeness (QED) is 0.679. The van der Waals surface area contributed by atoms with Crippen LogP contribution in [-0.4, -0.2) is 42.1 Å². The van der Waals surface area contributed by atoms with Crippen molar-refractivity contribution in [2.24, 2.45) is 0 Å². The second-order valence-electron chi connectivity index (χ2n) is 6.28. The predicted octanol–water partition coefficient (Wildman–Crippen LogP) is 3.08. The fourth-order valence-corrected chi connectivity index (χ4v) is 3.41. The van der Waals surface area contributed by atoms with Crippen molar-refractivity contribution >= 4 is 32.7 Å². The number of halogens is 2. The van der Waals surface area contributed by atoms with Crippen LogP contribution in [0.25, 0.3) is 11.0 Å². The lowest BCUT2D eigenvalue weighted by atomic mass is 10.2. The van der Waals surface area contributed by atoms with Gasteiger partial charge in [-0.3, -0.25) is 14.1 Å². The highest BCUT2D eigenvalue weighted by Crippen LogP contribution is 2.24. The van der Waals surface area contributed by atoms with Crippen molar-refractivity contribution in [3.05, 3.63) is 59.9 Å². The summed E-state index contributed by atoms with van der Waals surface area (Å²) in [7, 11) is -2.02. The third-order valence-electron chi connectivity index (χ3n) is 4.00. The Hall–Kier alpha value is -3.01. The third-order valence-corrected chi connectivity index (χ3v) is 4.61. The SMILES string of the molecule is CN(Cc1nc2ccccc2n1C(F)F)C(=O)c1cccc(NS(C)(=O)=O)c1. The highest BCUT2D eigenvalue weighted by atomic mass is 32.2. The van der Waals surface area contributed by atoms with E-state index in [1.807, 2.05) is 0 Å². The number of nitrogens with one attached hydrogen (secondary N) is 1. The summed E-state index contributed by atoms with van der Waals surface area (Å²) in [6.45, 7) is -2.94. The minimum absolute atomic E-state index is 0.0532. The van der Waals surface area contributed by atoms with E-state index in [9.17, 15) is 22.0 Å². The fraction of sp³-hybridized carbons (Fsp3) is 0.222. The van der Waals surface area contributed by atoms with E-state index in [2.05, 4.69) is 9.71 Å². The number of nitrogens with zero attached hydrogens (tertiary/aromatic N) is 3. The van der Waals surface area contributed by atoms with Gasteiger partial charge in [-0.2, -0.15) is 8.78 Å². The minimum Gasteiger partial charge on any atom is -0.334 e. The summed E-state index contributed by atoms with van der Waals surface area (Å²) in [5, 5.41) is 0. The van der Waals surface area contributed by atoms with Gasteiger partial charge in [-0.25, -0.2) is 13.4 Å². The number of hydrogen-bond donors (Lipinski definition) is 1. The van der Waals surface area contributed by atoms with Gasteiger partial charge in [0.2, 0.25) is 10.0 Å². The number of para-hydroxylation sites is 2. The maximum atomic E-state index is 13.5. The summed E-state index contributed by atoms with van der Waals surface area (Å²) in [6.07, 6.45) is 1.00. The Balaban J connectivity index is 1.87. The average Bonchev–Trinajstić information content (AvgIpc) is 2.97. The number of benzene rings is 2. The van der Waals surface area contributed by atoms with Crippen molar-refractivity contribution in [1.29, 1.82) is 0 Å². The van der Waals surface area contributed by atoms with Crippen LogP contribution >= 0.6 is 0 Å². The second kappa shape index (κ2) is 7.55. The minimum atomic E-state index is -3.49. The van der Waals surface area contributed by atoms with E-state index in [1.165, 1.54) is 36.2 Å². The van der Waals surface area contributed by atoms with E-state index >= 15 is 0 Å². The first-order chi connectivity index (χ1) is 13.2. The zero-order chi connectivity index (χ0) is 20.5. The normalized spacial score (nSPS) is 11.8. The molecule has 3 aromatic rings. The molecule has 0 atom stereocenters. The zero-order valence-electron chi connectivity index (χ0n) is 15.1. The summed E-state index contributed by atoms with van der Waals surface area (Å²) in [4.78, 5) is 18.2. The first-order valence-electron chi connectivity index (χ1n) is 8.23. The standard InChI is InChI=1S/C18H18F2N4O3S/c1-23(17(25)12-6-5-7-13(10-12)22-28(2,26)27)11-16-21-14-8-3-4-9-15(14)24(16)18(19)20/h3-10,18,22H,11H2,1-2H3. The van der Waals surface area contributed by atoms with Gasteiger partial charge in [0.25, 0.3) is 5.91 Å². The van der Waals surface area contributed by atoms with Gasteiger partial charge in [-0.1, -0.05) is 18.2 Å². The molecule has 0 radical (unpaired) electrons. The van der Waals surface area contributed by atoms with E-state index in [1.54, 1.807) is 24.3 Å². The molecule has 1 aromatic heterocycles. The summed E-state index contributed by atoms with van der Waals surface area (Å²) in [6, 6.07) is 12.4. The van der Waals surface area contributed by atoms with Crippen LogP contribution in [0, 0.1) is 0 Å². The van der Waals surface area contributed by atoms with E-state index in [0.717, 1.165) is 10.8 Å². The molecule has 148 valence electrons. The molecule has 2 aromatic carbocycles. The average molecular weight is 408 g/mol. The van der Waals surface area contributed by atoms with Crippen molar-refractivity contribution in [2.45, 2.75) is 13.1 Å². The van der Waals surface area contributed by atoms with Gasteiger partial charge in [0.15, 0.2) is 0 Å². The zero-order valence-corrected chi connectivity index (χ0v) is 16.0. The van der Waals surface area contributed by atoms with Crippen molar-refractivity contribution in [1.82, 2.24) is 14.5 Å². The summed E-state index contributed by atoms with van der Waals surface area (Å²) in [5.41, 5.74) is 1.16. The first-order valence-corrected chi connectivity index (χ1v) is 10.1. The number of amides is 1. The van der Waals surface area contributed by atoms with Gasteiger partial charge in [0.1, 0.15) is 5.82 Å². The van der Waals surface area contributed by atoms with Crippen LogP contribution in [-0.2, 0) is 16.6 Å². The Labute approximate surface area is 160 Å². The fourth-order valence-electron chi connectivity index (χ4n) is 2.86. The van der Waals surface area contributed by atoms with Crippen LogP contribution in [0.4, 0.5) is 14.5 Å². The van der Waals surface area contributed by atoms with Crippen LogP contribution < -0.4 is 4.72 Å². The largest absolute Gasteiger partial charge is 0.334 e. The Kier molecular flexibility index (Phi) is 5.32. The van der Waals surface area contributed by atoms with Crippen molar-refractivity contribution in [3.63, 3.8) is 0 Å². The van der Waals surface area contributed by atoms with Gasteiger partial charge in [0.05, 0.1) is 23.8 Å².